The molecule has 0 radical (unpaired) electrons. The van der Waals surface area contributed by atoms with Crippen LogP contribution in [0.5, 0.6) is 0 Å². The van der Waals surface area contributed by atoms with E-state index in [4.69, 9.17) is 16.3 Å². The van der Waals surface area contributed by atoms with Gasteiger partial charge in [-0.1, -0.05) is 74.3 Å². The number of anilines is 1. The molecule has 0 heterocycles. The molecule has 0 spiro atoms. The molecule has 132 valence electrons. The molecule has 0 aliphatic heterocycles. The lowest BCUT2D eigenvalue weighted by Gasteiger charge is -2.21. The standard InChI is InChI=1S/C20H22ClNO3/c1-3-14(2)19(15-9-5-4-6-10-15)20(24)25-13-18(23)22-17-12-8-7-11-16(17)21/h4-12,14,19H,3,13H2,1-2H3,(H,22,23). The predicted molar refractivity (Wildman–Crippen MR) is 99.7 cm³/mol. The van der Waals surface area contributed by atoms with Gasteiger partial charge in [0.25, 0.3) is 5.91 Å². The Morgan fingerprint density at radius 3 is 2.36 bits per heavy atom. The van der Waals surface area contributed by atoms with Crippen LogP contribution in [0.25, 0.3) is 0 Å². The number of rotatable bonds is 7. The van der Waals surface area contributed by atoms with Crippen LogP contribution in [0.3, 0.4) is 0 Å². The summed E-state index contributed by atoms with van der Waals surface area (Å²) in [6, 6.07) is 16.4. The molecule has 25 heavy (non-hydrogen) atoms. The van der Waals surface area contributed by atoms with Crippen LogP contribution < -0.4 is 5.32 Å². The van der Waals surface area contributed by atoms with Crippen LogP contribution in [0.4, 0.5) is 5.69 Å². The fourth-order valence-corrected chi connectivity index (χ4v) is 2.75. The molecule has 0 aliphatic carbocycles. The zero-order valence-electron chi connectivity index (χ0n) is 14.4. The maximum Gasteiger partial charge on any atom is 0.314 e. The molecule has 2 atom stereocenters. The van der Waals surface area contributed by atoms with Gasteiger partial charge in [-0.2, -0.15) is 0 Å². The SMILES string of the molecule is CCC(C)C(C(=O)OCC(=O)Nc1ccccc1Cl)c1ccccc1. The van der Waals surface area contributed by atoms with Crippen molar-refractivity contribution in [1.29, 1.82) is 0 Å². The number of nitrogens with one attached hydrogen (secondary N) is 1. The monoisotopic (exact) mass is 359 g/mol. The minimum atomic E-state index is -0.419. The van der Waals surface area contributed by atoms with Crippen molar-refractivity contribution in [3.8, 4) is 0 Å². The molecule has 2 aromatic rings. The summed E-state index contributed by atoms with van der Waals surface area (Å²) in [5.41, 5.74) is 1.39. The van der Waals surface area contributed by atoms with Crippen LogP contribution in [0.15, 0.2) is 54.6 Å². The fraction of sp³-hybridized carbons (Fsp3) is 0.300. The number of hydrogen-bond acceptors (Lipinski definition) is 3. The maximum atomic E-state index is 12.5. The van der Waals surface area contributed by atoms with Crippen LogP contribution in [0, 0.1) is 5.92 Å². The summed E-state index contributed by atoms with van der Waals surface area (Å²) < 4.78 is 5.26. The molecule has 4 nitrogen and oxygen atoms in total. The highest BCUT2D eigenvalue weighted by Crippen LogP contribution is 2.28. The molecule has 1 amide bonds. The lowest BCUT2D eigenvalue weighted by atomic mass is 9.86. The van der Waals surface area contributed by atoms with Crippen molar-refractivity contribution in [3.63, 3.8) is 0 Å². The quantitative estimate of drug-likeness (QED) is 0.732. The summed E-state index contributed by atoms with van der Waals surface area (Å²) in [7, 11) is 0. The average Bonchev–Trinajstić information content (AvgIpc) is 2.63. The van der Waals surface area contributed by atoms with Crippen LogP contribution in [0.1, 0.15) is 31.7 Å². The van der Waals surface area contributed by atoms with Crippen LogP contribution in [-0.4, -0.2) is 18.5 Å². The number of carbonyl (C=O) groups excluding carboxylic acids is 2. The summed E-state index contributed by atoms with van der Waals surface area (Å²) in [6.07, 6.45) is 0.834. The zero-order valence-corrected chi connectivity index (χ0v) is 15.1. The lowest BCUT2D eigenvalue weighted by Crippen LogP contribution is -2.27. The van der Waals surface area contributed by atoms with Crippen molar-refractivity contribution in [1.82, 2.24) is 0 Å². The van der Waals surface area contributed by atoms with Gasteiger partial charge in [-0.25, -0.2) is 0 Å². The minimum absolute atomic E-state index is 0.113. The number of carbonyl (C=O) groups is 2. The van der Waals surface area contributed by atoms with Crippen molar-refractivity contribution in [2.24, 2.45) is 5.92 Å². The Labute approximate surface area is 153 Å². The van der Waals surface area contributed by atoms with E-state index in [0.29, 0.717) is 10.7 Å². The number of ether oxygens (including phenoxy) is 1. The van der Waals surface area contributed by atoms with Gasteiger partial charge in [0.15, 0.2) is 6.61 Å². The van der Waals surface area contributed by atoms with Crippen LogP contribution >= 0.6 is 11.6 Å². The number of para-hydroxylation sites is 1. The summed E-state index contributed by atoms with van der Waals surface area (Å²) in [4.78, 5) is 24.6. The summed E-state index contributed by atoms with van der Waals surface area (Å²) >= 11 is 6.00. The molecular weight excluding hydrogens is 338 g/mol. The molecule has 0 aliphatic rings. The first kappa shape index (κ1) is 19.0. The highest BCUT2D eigenvalue weighted by Gasteiger charge is 2.27. The molecule has 2 unspecified atom stereocenters. The highest BCUT2D eigenvalue weighted by atomic mass is 35.5. The molecule has 1 N–H and O–H groups in total. The van der Waals surface area contributed by atoms with Crippen molar-refractivity contribution in [2.75, 3.05) is 11.9 Å². The van der Waals surface area contributed by atoms with Crippen molar-refractivity contribution in [3.05, 3.63) is 65.2 Å². The predicted octanol–water partition coefficient (Wildman–Crippen LogP) is 4.65. The Balaban J connectivity index is 1.99. The van der Waals surface area contributed by atoms with E-state index in [2.05, 4.69) is 5.32 Å². The van der Waals surface area contributed by atoms with E-state index in [9.17, 15) is 9.59 Å². The molecule has 5 heteroatoms. The van der Waals surface area contributed by atoms with E-state index in [-0.39, 0.29) is 18.4 Å². The normalized spacial score (nSPS) is 12.9. The molecule has 0 saturated carbocycles. The van der Waals surface area contributed by atoms with E-state index < -0.39 is 11.9 Å². The highest BCUT2D eigenvalue weighted by molar-refractivity contribution is 6.33. The van der Waals surface area contributed by atoms with Gasteiger partial charge in [0.05, 0.1) is 16.6 Å². The Hall–Kier alpha value is -2.33. The Bertz CT molecular complexity index is 718. The molecule has 0 saturated heterocycles. The second-order valence-electron chi connectivity index (χ2n) is 5.91. The Morgan fingerprint density at radius 1 is 1.08 bits per heavy atom. The molecule has 2 rings (SSSR count). The first-order chi connectivity index (χ1) is 12.0. The molecule has 0 fully saturated rings. The number of halogens is 1. The third-order valence-corrected chi connectivity index (χ3v) is 4.45. The van der Waals surface area contributed by atoms with Crippen molar-refractivity contribution in [2.45, 2.75) is 26.2 Å². The zero-order chi connectivity index (χ0) is 18.2. The number of benzene rings is 2. The topological polar surface area (TPSA) is 55.4 Å². The Morgan fingerprint density at radius 2 is 1.72 bits per heavy atom. The van der Waals surface area contributed by atoms with Gasteiger partial charge in [-0.3, -0.25) is 9.59 Å². The van der Waals surface area contributed by atoms with Crippen LogP contribution in [0.2, 0.25) is 5.02 Å². The van der Waals surface area contributed by atoms with E-state index >= 15 is 0 Å². The molecule has 2 aromatic carbocycles. The van der Waals surface area contributed by atoms with Crippen molar-refractivity contribution >= 4 is 29.2 Å². The lowest BCUT2D eigenvalue weighted by molar-refractivity contribution is -0.150. The van der Waals surface area contributed by atoms with E-state index in [1.165, 1.54) is 0 Å². The molecule has 0 bridgehead atoms. The van der Waals surface area contributed by atoms with E-state index in [1.54, 1.807) is 24.3 Å². The van der Waals surface area contributed by atoms with Gasteiger partial charge in [-0.15, -0.1) is 0 Å². The van der Waals surface area contributed by atoms with E-state index in [1.807, 2.05) is 44.2 Å². The largest absolute Gasteiger partial charge is 0.455 e. The fourth-order valence-electron chi connectivity index (χ4n) is 2.57. The van der Waals surface area contributed by atoms with Gasteiger partial charge < -0.3 is 10.1 Å². The van der Waals surface area contributed by atoms with E-state index in [0.717, 1.165) is 12.0 Å². The number of esters is 1. The minimum Gasteiger partial charge on any atom is -0.455 e. The third kappa shape index (κ3) is 5.33. The van der Waals surface area contributed by atoms with Gasteiger partial charge in [0.1, 0.15) is 0 Å². The summed E-state index contributed by atoms with van der Waals surface area (Å²) in [6.45, 7) is 3.69. The average molecular weight is 360 g/mol. The number of amides is 1. The van der Waals surface area contributed by atoms with Gasteiger partial charge in [-0.05, 0) is 23.6 Å². The van der Waals surface area contributed by atoms with Gasteiger partial charge in [0.2, 0.25) is 0 Å². The smallest absolute Gasteiger partial charge is 0.314 e. The summed E-state index contributed by atoms with van der Waals surface area (Å²) in [5.74, 6) is -1.09. The van der Waals surface area contributed by atoms with Gasteiger partial charge >= 0.3 is 5.97 Å². The maximum absolute atomic E-state index is 12.5. The van der Waals surface area contributed by atoms with Gasteiger partial charge in [0, 0.05) is 0 Å². The second kappa shape index (κ2) is 9.23. The third-order valence-electron chi connectivity index (χ3n) is 4.12. The Kier molecular flexibility index (Phi) is 7.02. The van der Waals surface area contributed by atoms with Crippen molar-refractivity contribution < 1.29 is 14.3 Å². The number of hydrogen-bond donors (Lipinski definition) is 1. The van der Waals surface area contributed by atoms with Crippen LogP contribution in [-0.2, 0) is 14.3 Å². The molecular formula is C20H22ClNO3. The summed E-state index contributed by atoms with van der Waals surface area (Å²) in [5, 5.41) is 3.07. The molecule has 0 aromatic heterocycles. The first-order valence-electron chi connectivity index (χ1n) is 8.29. The first-order valence-corrected chi connectivity index (χ1v) is 8.66. The second-order valence-corrected chi connectivity index (χ2v) is 6.32.